The molecule has 2 amide bonds. The molecular formula is C4H4N2O5S. The summed E-state index contributed by atoms with van der Waals surface area (Å²) in [6, 6.07) is 0. The van der Waals surface area contributed by atoms with Crippen molar-refractivity contribution in [1.82, 2.24) is 0 Å². The van der Waals surface area contributed by atoms with E-state index in [4.69, 9.17) is 0 Å². The van der Waals surface area contributed by atoms with Gasteiger partial charge in [0.15, 0.2) is 10.8 Å². The van der Waals surface area contributed by atoms with Crippen molar-refractivity contribution in [2.45, 2.75) is 0 Å². The molecule has 66 valence electrons. The summed E-state index contributed by atoms with van der Waals surface area (Å²) in [5.74, 6) is -3.11. The summed E-state index contributed by atoms with van der Waals surface area (Å²) in [6.45, 7) is 0. The molecule has 0 rings (SSSR count). The summed E-state index contributed by atoms with van der Waals surface area (Å²) in [6.07, 6.45) is 0. The molecule has 0 aliphatic carbocycles. The Morgan fingerprint density at radius 2 is 1.08 bits per heavy atom. The standard InChI is InChI=1S/C4H4N2O5S/c5-1(7)3(9)12(11)4(10)2(6)8/h(H2,5,7)(H2,6,8). The van der Waals surface area contributed by atoms with Crippen LogP contribution in [-0.4, -0.2) is 26.3 Å². The molecule has 0 aliphatic rings. The SMILES string of the molecule is NC(=O)C(=O)S(=O)C(=O)C(N)=O. The summed E-state index contributed by atoms with van der Waals surface area (Å²) < 4.78 is 10.5. The molecule has 7 nitrogen and oxygen atoms in total. The van der Waals surface area contributed by atoms with Gasteiger partial charge in [0.2, 0.25) is 0 Å². The fourth-order valence-electron chi connectivity index (χ4n) is 0.267. The minimum absolute atomic E-state index is 1.55. The molecular weight excluding hydrogens is 188 g/mol. The molecule has 0 aromatic heterocycles. The van der Waals surface area contributed by atoms with Crippen LogP contribution in [-0.2, 0) is 30.0 Å². The molecule has 0 radical (unpaired) electrons. The monoisotopic (exact) mass is 192 g/mol. The number of nitrogens with two attached hydrogens (primary N) is 2. The maximum absolute atomic E-state index is 10.5. The molecule has 0 unspecified atom stereocenters. The fraction of sp³-hybridized carbons (Fsp3) is 0. The predicted molar refractivity (Wildman–Crippen MR) is 36.5 cm³/mol. The summed E-state index contributed by atoms with van der Waals surface area (Å²) in [7, 11) is -2.90. The van der Waals surface area contributed by atoms with Gasteiger partial charge in [-0.15, -0.1) is 0 Å². The third kappa shape index (κ3) is 2.23. The van der Waals surface area contributed by atoms with Crippen LogP contribution in [0.5, 0.6) is 0 Å². The number of rotatable bonds is 0. The zero-order valence-corrected chi connectivity index (χ0v) is 6.42. The zero-order chi connectivity index (χ0) is 9.89. The number of hydrogen-bond acceptors (Lipinski definition) is 5. The van der Waals surface area contributed by atoms with Crippen LogP contribution in [0.2, 0.25) is 0 Å². The number of hydrogen-bond donors (Lipinski definition) is 2. The van der Waals surface area contributed by atoms with Crippen molar-refractivity contribution in [2.24, 2.45) is 11.5 Å². The Morgan fingerprint density at radius 1 is 0.833 bits per heavy atom. The highest BCUT2D eigenvalue weighted by Gasteiger charge is 2.28. The Bertz CT molecular complexity index is 268. The highest BCUT2D eigenvalue weighted by molar-refractivity contribution is 8.16. The molecule has 12 heavy (non-hydrogen) atoms. The maximum Gasteiger partial charge on any atom is 0.314 e. The number of amides is 2. The molecule has 0 aromatic rings. The summed E-state index contributed by atoms with van der Waals surface area (Å²) in [4.78, 5) is 40.9. The Hall–Kier alpha value is -1.57. The molecule has 8 heteroatoms. The van der Waals surface area contributed by atoms with E-state index in [9.17, 15) is 23.4 Å². The van der Waals surface area contributed by atoms with Crippen molar-refractivity contribution in [1.29, 1.82) is 0 Å². The molecule has 0 bridgehead atoms. The van der Waals surface area contributed by atoms with E-state index in [-0.39, 0.29) is 0 Å². The van der Waals surface area contributed by atoms with Crippen molar-refractivity contribution < 1.29 is 23.4 Å². The molecule has 0 aliphatic heterocycles. The van der Waals surface area contributed by atoms with Crippen LogP contribution in [0.1, 0.15) is 0 Å². The smallest absolute Gasteiger partial charge is 0.314 e. The van der Waals surface area contributed by atoms with Crippen molar-refractivity contribution >= 4 is 32.8 Å². The van der Waals surface area contributed by atoms with Crippen LogP contribution in [0.25, 0.3) is 0 Å². The molecule has 0 atom stereocenters. The van der Waals surface area contributed by atoms with Crippen LogP contribution in [0.3, 0.4) is 0 Å². The molecule has 0 saturated heterocycles. The third-order valence-corrected chi connectivity index (χ3v) is 1.82. The molecule has 4 N–H and O–H groups in total. The quantitative estimate of drug-likeness (QED) is 0.388. The van der Waals surface area contributed by atoms with Crippen molar-refractivity contribution in [2.75, 3.05) is 0 Å². The van der Waals surface area contributed by atoms with Crippen molar-refractivity contribution in [3.8, 4) is 0 Å². The van der Waals surface area contributed by atoms with E-state index in [1.54, 1.807) is 0 Å². The maximum atomic E-state index is 10.5. The van der Waals surface area contributed by atoms with E-state index in [2.05, 4.69) is 11.5 Å². The molecule has 0 saturated carbocycles. The average Bonchev–Trinajstić information content (AvgIpc) is 2.00. The first-order chi connectivity index (χ1) is 5.37. The minimum atomic E-state index is -2.90. The average molecular weight is 192 g/mol. The molecule has 0 fully saturated rings. The number of carbonyl (C=O) groups excluding carboxylic acids is 4. The highest BCUT2D eigenvalue weighted by atomic mass is 32.2. The third-order valence-electron chi connectivity index (χ3n) is 0.739. The second kappa shape index (κ2) is 3.72. The molecule has 0 heterocycles. The van der Waals surface area contributed by atoms with Gasteiger partial charge >= 0.3 is 10.2 Å². The van der Waals surface area contributed by atoms with Gasteiger partial charge in [0.05, 0.1) is 0 Å². The Morgan fingerprint density at radius 3 is 1.25 bits per heavy atom. The zero-order valence-electron chi connectivity index (χ0n) is 5.60. The van der Waals surface area contributed by atoms with E-state index >= 15 is 0 Å². The van der Waals surface area contributed by atoms with Crippen LogP contribution in [0.4, 0.5) is 0 Å². The second-order valence-electron chi connectivity index (χ2n) is 1.57. The Balaban J connectivity index is 4.63. The van der Waals surface area contributed by atoms with Crippen molar-refractivity contribution in [3.63, 3.8) is 0 Å². The lowest BCUT2D eigenvalue weighted by molar-refractivity contribution is -0.133. The molecule has 0 aromatic carbocycles. The number of primary amides is 2. The predicted octanol–water partition coefficient (Wildman–Crippen LogP) is -3.24. The van der Waals surface area contributed by atoms with Gasteiger partial charge in [-0.25, -0.2) is 4.21 Å². The van der Waals surface area contributed by atoms with Crippen LogP contribution < -0.4 is 11.5 Å². The van der Waals surface area contributed by atoms with E-state index in [0.29, 0.717) is 0 Å². The van der Waals surface area contributed by atoms with E-state index < -0.39 is 32.8 Å². The summed E-state index contributed by atoms with van der Waals surface area (Å²) >= 11 is 0. The van der Waals surface area contributed by atoms with Gasteiger partial charge in [-0.3, -0.25) is 19.2 Å². The van der Waals surface area contributed by atoms with Gasteiger partial charge in [0, 0.05) is 0 Å². The second-order valence-corrected chi connectivity index (χ2v) is 2.85. The normalized spacial score (nSPS) is 9.42. The van der Waals surface area contributed by atoms with Gasteiger partial charge < -0.3 is 11.5 Å². The van der Waals surface area contributed by atoms with Crippen molar-refractivity contribution in [3.05, 3.63) is 0 Å². The van der Waals surface area contributed by atoms with Gasteiger partial charge in [-0.1, -0.05) is 0 Å². The summed E-state index contributed by atoms with van der Waals surface area (Å²) in [5.41, 5.74) is 8.78. The van der Waals surface area contributed by atoms with Crippen LogP contribution in [0, 0.1) is 0 Å². The lowest BCUT2D eigenvalue weighted by Gasteiger charge is -1.91. The first-order valence-electron chi connectivity index (χ1n) is 2.47. The topological polar surface area (TPSA) is 137 Å². The van der Waals surface area contributed by atoms with E-state index in [1.165, 1.54) is 0 Å². The first-order valence-corrected chi connectivity index (χ1v) is 3.62. The molecule has 0 spiro atoms. The van der Waals surface area contributed by atoms with Gasteiger partial charge in [-0.05, 0) is 0 Å². The lowest BCUT2D eigenvalue weighted by Crippen LogP contribution is -2.36. The Kier molecular flexibility index (Phi) is 3.23. The van der Waals surface area contributed by atoms with E-state index in [0.717, 1.165) is 0 Å². The Labute approximate surface area is 68.5 Å². The minimum Gasteiger partial charge on any atom is -0.362 e. The number of carbonyl (C=O) groups is 4. The van der Waals surface area contributed by atoms with Crippen LogP contribution in [0.15, 0.2) is 0 Å². The van der Waals surface area contributed by atoms with Crippen LogP contribution >= 0.6 is 0 Å². The lowest BCUT2D eigenvalue weighted by atomic mass is 10.7. The van der Waals surface area contributed by atoms with Gasteiger partial charge in [-0.2, -0.15) is 0 Å². The summed E-state index contributed by atoms with van der Waals surface area (Å²) in [5, 5.41) is -3.28. The van der Waals surface area contributed by atoms with E-state index in [1.807, 2.05) is 0 Å². The highest BCUT2D eigenvalue weighted by Crippen LogP contribution is 1.86. The largest absolute Gasteiger partial charge is 0.362 e. The fourth-order valence-corrected chi connectivity index (χ4v) is 0.801. The van der Waals surface area contributed by atoms with Gasteiger partial charge in [0.25, 0.3) is 11.8 Å². The van der Waals surface area contributed by atoms with Gasteiger partial charge in [0.1, 0.15) is 0 Å². The first kappa shape index (κ1) is 10.4.